The molecule has 0 amide bonds. The summed E-state index contributed by atoms with van der Waals surface area (Å²) in [5, 5.41) is 8.25. The smallest absolute Gasteiger partial charge is 0.258 e. The van der Waals surface area contributed by atoms with Crippen LogP contribution in [0.2, 0.25) is 0 Å². The molecule has 0 spiro atoms. The van der Waals surface area contributed by atoms with Crippen LogP contribution in [-0.2, 0) is 6.42 Å². The van der Waals surface area contributed by atoms with Gasteiger partial charge in [0.05, 0.1) is 16.2 Å². The number of H-pyrrole nitrogens is 2. The number of fused-ring (bicyclic) bond motifs is 1. The van der Waals surface area contributed by atoms with Gasteiger partial charge in [-0.25, -0.2) is 9.97 Å². The maximum absolute atomic E-state index is 12.1. The molecule has 0 aliphatic carbocycles. The lowest BCUT2D eigenvalue weighted by atomic mass is 10.2. The van der Waals surface area contributed by atoms with E-state index < -0.39 is 0 Å². The van der Waals surface area contributed by atoms with Gasteiger partial charge >= 0.3 is 0 Å². The number of nitrogens with one attached hydrogen (secondary N) is 2. The first-order chi connectivity index (χ1) is 10.2. The molecule has 0 saturated carbocycles. The summed E-state index contributed by atoms with van der Waals surface area (Å²) in [6.07, 6.45) is 0.812. The SMILES string of the molecule is CCc1nc(S[C@@H](C)c2nc3ccccc3c(=O)[nH]2)n[nH]1. The van der Waals surface area contributed by atoms with Crippen LogP contribution < -0.4 is 5.56 Å². The zero-order chi connectivity index (χ0) is 14.8. The average Bonchev–Trinajstić information content (AvgIpc) is 2.95. The van der Waals surface area contributed by atoms with Crippen LogP contribution >= 0.6 is 11.8 Å². The summed E-state index contributed by atoms with van der Waals surface area (Å²) < 4.78 is 0. The number of aryl methyl sites for hydroxylation is 1. The maximum atomic E-state index is 12.1. The second-order valence-electron chi connectivity index (χ2n) is 4.65. The van der Waals surface area contributed by atoms with Gasteiger partial charge in [-0.05, 0) is 19.1 Å². The fourth-order valence-corrected chi connectivity index (χ4v) is 2.80. The predicted molar refractivity (Wildman–Crippen MR) is 82.4 cm³/mol. The first kappa shape index (κ1) is 13.8. The van der Waals surface area contributed by atoms with E-state index in [9.17, 15) is 4.79 Å². The summed E-state index contributed by atoms with van der Waals surface area (Å²) in [5.74, 6) is 1.48. The van der Waals surface area contributed by atoms with Crippen molar-refractivity contribution in [2.45, 2.75) is 30.7 Å². The molecule has 0 fully saturated rings. The second kappa shape index (κ2) is 5.69. The van der Waals surface area contributed by atoms with Crippen molar-refractivity contribution in [3.05, 3.63) is 46.3 Å². The van der Waals surface area contributed by atoms with Crippen LogP contribution in [0.3, 0.4) is 0 Å². The van der Waals surface area contributed by atoms with Crippen molar-refractivity contribution in [2.75, 3.05) is 0 Å². The molecule has 3 rings (SSSR count). The number of rotatable bonds is 4. The Labute approximate surface area is 125 Å². The fourth-order valence-electron chi connectivity index (χ4n) is 2.00. The van der Waals surface area contributed by atoms with E-state index in [4.69, 9.17) is 0 Å². The Balaban J connectivity index is 1.90. The summed E-state index contributed by atoms with van der Waals surface area (Å²) in [5.41, 5.74) is 0.584. The Morgan fingerprint density at radius 3 is 2.86 bits per heavy atom. The Kier molecular flexibility index (Phi) is 3.74. The topological polar surface area (TPSA) is 87.3 Å². The third-order valence-corrected chi connectivity index (χ3v) is 4.11. The Morgan fingerprint density at radius 1 is 1.29 bits per heavy atom. The Bertz CT molecular complexity index is 825. The molecule has 108 valence electrons. The summed E-state index contributed by atoms with van der Waals surface area (Å²) in [4.78, 5) is 23.8. The quantitative estimate of drug-likeness (QED) is 0.723. The second-order valence-corrected chi connectivity index (χ2v) is 5.95. The van der Waals surface area contributed by atoms with E-state index in [-0.39, 0.29) is 10.8 Å². The highest BCUT2D eigenvalue weighted by atomic mass is 32.2. The average molecular weight is 301 g/mol. The van der Waals surface area contributed by atoms with Crippen LogP contribution in [0, 0.1) is 0 Å². The third kappa shape index (κ3) is 2.82. The molecule has 3 aromatic rings. The minimum atomic E-state index is -0.118. The zero-order valence-corrected chi connectivity index (χ0v) is 12.6. The molecular formula is C14H15N5OS. The Morgan fingerprint density at radius 2 is 2.10 bits per heavy atom. The van der Waals surface area contributed by atoms with Crippen LogP contribution in [-0.4, -0.2) is 25.1 Å². The molecule has 2 aromatic heterocycles. The molecule has 0 radical (unpaired) electrons. The summed E-state index contributed by atoms with van der Waals surface area (Å²) >= 11 is 1.46. The van der Waals surface area contributed by atoms with Gasteiger partial charge in [0, 0.05) is 6.42 Å². The van der Waals surface area contributed by atoms with Gasteiger partial charge in [0.15, 0.2) is 0 Å². The van der Waals surface area contributed by atoms with Crippen molar-refractivity contribution in [1.82, 2.24) is 25.1 Å². The number of hydrogen-bond acceptors (Lipinski definition) is 5. The fraction of sp³-hybridized carbons (Fsp3) is 0.286. The molecule has 21 heavy (non-hydrogen) atoms. The van der Waals surface area contributed by atoms with Crippen molar-refractivity contribution < 1.29 is 0 Å². The van der Waals surface area contributed by atoms with Crippen LogP contribution in [0.1, 0.15) is 30.7 Å². The van der Waals surface area contributed by atoms with Crippen LogP contribution in [0.5, 0.6) is 0 Å². The number of aromatic amines is 2. The van der Waals surface area contributed by atoms with Gasteiger partial charge in [-0.15, -0.1) is 5.10 Å². The molecule has 2 N–H and O–H groups in total. The summed E-state index contributed by atoms with van der Waals surface area (Å²) in [6, 6.07) is 7.31. The van der Waals surface area contributed by atoms with Crippen molar-refractivity contribution >= 4 is 22.7 Å². The minimum absolute atomic E-state index is 0.0391. The molecular weight excluding hydrogens is 286 g/mol. The van der Waals surface area contributed by atoms with Crippen LogP contribution in [0.4, 0.5) is 0 Å². The molecule has 0 saturated heterocycles. The monoisotopic (exact) mass is 301 g/mol. The molecule has 1 aromatic carbocycles. The molecule has 0 unspecified atom stereocenters. The summed E-state index contributed by atoms with van der Waals surface area (Å²) in [6.45, 7) is 3.99. The maximum Gasteiger partial charge on any atom is 0.258 e. The van der Waals surface area contributed by atoms with Gasteiger partial charge in [0.25, 0.3) is 5.56 Å². The molecule has 0 aliphatic heterocycles. The zero-order valence-electron chi connectivity index (χ0n) is 11.8. The number of nitrogens with zero attached hydrogens (tertiary/aromatic N) is 3. The van der Waals surface area contributed by atoms with E-state index >= 15 is 0 Å². The number of benzene rings is 1. The standard InChI is InChI=1S/C14H15N5OS/c1-3-11-16-14(19-18-11)21-8(2)12-15-10-7-5-4-6-9(10)13(20)17-12/h4-8H,3H2,1-2H3,(H,15,17,20)(H,16,18,19)/t8-/m0/s1. The van der Waals surface area contributed by atoms with E-state index in [0.29, 0.717) is 21.9 Å². The highest BCUT2D eigenvalue weighted by Gasteiger charge is 2.14. The molecule has 1 atom stereocenters. The van der Waals surface area contributed by atoms with Gasteiger partial charge in [-0.2, -0.15) is 0 Å². The molecule has 7 heteroatoms. The number of aromatic nitrogens is 5. The van der Waals surface area contributed by atoms with E-state index in [0.717, 1.165) is 12.2 Å². The van der Waals surface area contributed by atoms with Gasteiger partial charge in [-0.3, -0.25) is 9.89 Å². The highest BCUT2D eigenvalue weighted by molar-refractivity contribution is 7.99. The van der Waals surface area contributed by atoms with Crippen molar-refractivity contribution in [1.29, 1.82) is 0 Å². The number of hydrogen-bond donors (Lipinski definition) is 2. The largest absolute Gasteiger partial charge is 0.309 e. The lowest BCUT2D eigenvalue weighted by molar-refractivity contribution is 0.904. The van der Waals surface area contributed by atoms with Crippen molar-refractivity contribution in [3.63, 3.8) is 0 Å². The van der Waals surface area contributed by atoms with Crippen LogP contribution in [0.15, 0.2) is 34.2 Å². The number of para-hydroxylation sites is 1. The predicted octanol–water partition coefficient (Wildman–Crippen LogP) is 2.46. The van der Waals surface area contributed by atoms with E-state index in [1.54, 1.807) is 6.07 Å². The molecule has 0 aliphatic rings. The minimum Gasteiger partial charge on any atom is -0.309 e. The van der Waals surface area contributed by atoms with Gasteiger partial charge in [0.1, 0.15) is 11.6 Å². The third-order valence-electron chi connectivity index (χ3n) is 3.14. The lowest BCUT2D eigenvalue weighted by Crippen LogP contribution is -2.12. The first-order valence-corrected chi connectivity index (χ1v) is 7.62. The highest BCUT2D eigenvalue weighted by Crippen LogP contribution is 2.30. The molecule has 6 nitrogen and oxygen atoms in total. The van der Waals surface area contributed by atoms with E-state index in [1.807, 2.05) is 32.0 Å². The summed E-state index contributed by atoms with van der Waals surface area (Å²) in [7, 11) is 0. The number of thioether (sulfide) groups is 1. The van der Waals surface area contributed by atoms with E-state index in [2.05, 4.69) is 25.1 Å². The molecule has 2 heterocycles. The first-order valence-electron chi connectivity index (χ1n) is 6.74. The van der Waals surface area contributed by atoms with Crippen molar-refractivity contribution in [3.8, 4) is 0 Å². The van der Waals surface area contributed by atoms with Gasteiger partial charge < -0.3 is 4.98 Å². The Hall–Kier alpha value is -2.15. The lowest BCUT2D eigenvalue weighted by Gasteiger charge is -2.08. The van der Waals surface area contributed by atoms with Crippen LogP contribution in [0.25, 0.3) is 10.9 Å². The normalized spacial score (nSPS) is 12.7. The van der Waals surface area contributed by atoms with Gasteiger partial charge in [-0.1, -0.05) is 30.8 Å². The van der Waals surface area contributed by atoms with Gasteiger partial charge in [0.2, 0.25) is 5.16 Å². The molecule has 0 bridgehead atoms. The van der Waals surface area contributed by atoms with Crippen molar-refractivity contribution in [2.24, 2.45) is 0 Å². The van der Waals surface area contributed by atoms with E-state index in [1.165, 1.54) is 11.8 Å².